The molecule has 0 amide bonds. The van der Waals surface area contributed by atoms with Gasteiger partial charge in [0.2, 0.25) is 0 Å². The molecule has 6 heteroatoms. The highest BCUT2D eigenvalue weighted by Crippen LogP contribution is 2.25. The van der Waals surface area contributed by atoms with Crippen LogP contribution in [0.2, 0.25) is 0 Å². The fraction of sp³-hybridized carbons (Fsp3) is 0.581. The molecule has 0 fully saturated rings. The normalized spacial score (nSPS) is 33.0. The van der Waals surface area contributed by atoms with E-state index in [-0.39, 0.29) is 18.3 Å². The molecule has 0 radical (unpaired) electrons. The van der Waals surface area contributed by atoms with E-state index >= 15 is 0 Å². The number of aliphatic hydroxyl groups excluding tert-OH is 1. The SMILES string of the molecule is C=C1C[C@H](C)C[C@@H]2CC=C[C@@H](CC#CC(=O)O[C@H]([C@H](C=C[C@@H]3CC(C)=CCO3)OC)CC=C[C@@H](O)C1)O2. The zero-order chi connectivity index (χ0) is 26.6. The zero-order valence-electron chi connectivity index (χ0n) is 22.4. The van der Waals surface area contributed by atoms with Crippen LogP contribution in [0.4, 0.5) is 0 Å². The Balaban J connectivity index is 1.75. The number of carbonyl (C=O) groups is 1. The molecule has 0 aromatic rings. The van der Waals surface area contributed by atoms with E-state index in [4.69, 9.17) is 18.9 Å². The van der Waals surface area contributed by atoms with Crippen LogP contribution in [0.15, 0.2) is 60.3 Å². The van der Waals surface area contributed by atoms with Gasteiger partial charge in [0.15, 0.2) is 0 Å². The lowest BCUT2D eigenvalue weighted by Gasteiger charge is -2.27. The third-order valence-electron chi connectivity index (χ3n) is 6.82. The molecule has 0 saturated carbocycles. The van der Waals surface area contributed by atoms with Crippen LogP contribution in [0.5, 0.6) is 0 Å². The van der Waals surface area contributed by atoms with Gasteiger partial charge in [0.05, 0.1) is 31.0 Å². The van der Waals surface area contributed by atoms with Crippen molar-refractivity contribution < 1.29 is 28.8 Å². The topological polar surface area (TPSA) is 74.2 Å². The van der Waals surface area contributed by atoms with Gasteiger partial charge < -0.3 is 24.1 Å². The summed E-state index contributed by atoms with van der Waals surface area (Å²) in [4.78, 5) is 12.6. The predicted octanol–water partition coefficient (Wildman–Crippen LogP) is 5.00. The van der Waals surface area contributed by atoms with Gasteiger partial charge in [-0.1, -0.05) is 73.1 Å². The minimum Gasteiger partial charge on any atom is -0.449 e. The summed E-state index contributed by atoms with van der Waals surface area (Å²) in [6.07, 6.45) is 16.5. The Morgan fingerprint density at radius 3 is 2.81 bits per heavy atom. The lowest BCUT2D eigenvalue weighted by Crippen LogP contribution is -2.31. The second kappa shape index (κ2) is 15.1. The van der Waals surface area contributed by atoms with Gasteiger partial charge in [-0.2, -0.15) is 0 Å². The van der Waals surface area contributed by atoms with Crippen molar-refractivity contribution in [3.8, 4) is 11.8 Å². The number of carbonyl (C=O) groups excluding carboxylic acids is 1. The molecule has 0 saturated heterocycles. The van der Waals surface area contributed by atoms with Gasteiger partial charge in [0, 0.05) is 25.9 Å². The van der Waals surface area contributed by atoms with Crippen LogP contribution >= 0.6 is 0 Å². The fourth-order valence-electron chi connectivity index (χ4n) is 4.96. The lowest BCUT2D eigenvalue weighted by atomic mass is 9.91. The summed E-state index contributed by atoms with van der Waals surface area (Å²) >= 11 is 0. The molecular formula is C31H42O6. The highest BCUT2D eigenvalue weighted by atomic mass is 16.6. The summed E-state index contributed by atoms with van der Waals surface area (Å²) in [7, 11) is 1.58. The monoisotopic (exact) mass is 510 g/mol. The van der Waals surface area contributed by atoms with Crippen LogP contribution in [-0.4, -0.2) is 61.4 Å². The van der Waals surface area contributed by atoms with Crippen molar-refractivity contribution in [3.63, 3.8) is 0 Å². The highest BCUT2D eigenvalue weighted by molar-refractivity contribution is 5.88. The molecule has 3 aliphatic rings. The van der Waals surface area contributed by atoms with Gasteiger partial charge >= 0.3 is 5.97 Å². The largest absolute Gasteiger partial charge is 0.449 e. The number of esters is 1. The molecule has 0 spiro atoms. The lowest BCUT2D eigenvalue weighted by molar-refractivity contribution is -0.146. The second-order valence-electron chi connectivity index (χ2n) is 10.4. The number of hydrogen-bond acceptors (Lipinski definition) is 6. The zero-order valence-corrected chi connectivity index (χ0v) is 22.4. The van der Waals surface area contributed by atoms with E-state index < -0.39 is 24.3 Å². The molecule has 3 heterocycles. The van der Waals surface area contributed by atoms with Crippen molar-refractivity contribution in [1.29, 1.82) is 0 Å². The molecule has 0 unspecified atom stereocenters. The van der Waals surface area contributed by atoms with Crippen molar-refractivity contribution in [1.82, 2.24) is 0 Å². The Morgan fingerprint density at radius 2 is 2.03 bits per heavy atom. The predicted molar refractivity (Wildman–Crippen MR) is 145 cm³/mol. The number of cyclic esters (lactones) is 1. The first-order valence-electron chi connectivity index (χ1n) is 13.3. The first-order valence-corrected chi connectivity index (χ1v) is 13.3. The van der Waals surface area contributed by atoms with Gasteiger partial charge in [-0.3, -0.25) is 0 Å². The van der Waals surface area contributed by atoms with Crippen LogP contribution in [0, 0.1) is 17.8 Å². The summed E-state index contributed by atoms with van der Waals surface area (Å²) in [6, 6.07) is 0. The smallest absolute Gasteiger partial charge is 0.384 e. The van der Waals surface area contributed by atoms with Gasteiger partial charge in [0.1, 0.15) is 12.2 Å². The molecule has 37 heavy (non-hydrogen) atoms. The van der Waals surface area contributed by atoms with Crippen LogP contribution in [0.1, 0.15) is 58.8 Å². The Hall–Kier alpha value is -2.43. The molecule has 6 nitrogen and oxygen atoms in total. The summed E-state index contributed by atoms with van der Waals surface area (Å²) in [5.41, 5.74) is 2.29. The molecule has 0 aliphatic carbocycles. The minimum atomic E-state index is -0.657. The summed E-state index contributed by atoms with van der Waals surface area (Å²) in [6.45, 7) is 9.04. The van der Waals surface area contributed by atoms with E-state index in [0.29, 0.717) is 31.8 Å². The number of methoxy groups -OCH3 is 1. The number of ether oxygens (including phenoxy) is 4. The quantitative estimate of drug-likeness (QED) is 0.248. The van der Waals surface area contributed by atoms with Crippen molar-refractivity contribution in [2.24, 2.45) is 5.92 Å². The molecule has 3 rings (SSSR count). The minimum absolute atomic E-state index is 0.0458. The third kappa shape index (κ3) is 10.5. The average molecular weight is 511 g/mol. The molecule has 3 aliphatic heterocycles. The van der Waals surface area contributed by atoms with Gasteiger partial charge in [0.25, 0.3) is 0 Å². The van der Waals surface area contributed by atoms with E-state index in [1.54, 1.807) is 13.2 Å². The number of rotatable bonds is 4. The maximum Gasteiger partial charge on any atom is 0.384 e. The van der Waals surface area contributed by atoms with E-state index in [1.807, 2.05) is 24.3 Å². The van der Waals surface area contributed by atoms with Crippen LogP contribution in [0.25, 0.3) is 0 Å². The van der Waals surface area contributed by atoms with Crippen molar-refractivity contribution in [3.05, 3.63) is 60.3 Å². The number of hydrogen-bond donors (Lipinski definition) is 1. The Kier molecular flexibility index (Phi) is 11.9. The second-order valence-corrected chi connectivity index (χ2v) is 10.4. The summed E-state index contributed by atoms with van der Waals surface area (Å²) in [5.74, 6) is 5.33. The van der Waals surface area contributed by atoms with Gasteiger partial charge in [-0.25, -0.2) is 4.79 Å². The third-order valence-corrected chi connectivity index (χ3v) is 6.82. The van der Waals surface area contributed by atoms with E-state index in [2.05, 4.69) is 44.4 Å². The summed E-state index contributed by atoms with van der Waals surface area (Å²) < 4.78 is 23.4. The standard InChI is InChI=1S/C31H42O6/c1-22-16-17-35-27(20-22)14-15-29(34-4)30-12-5-8-25(32)19-23(2)18-24(3)21-28-11-6-9-26(36-28)10-7-13-31(33)37-30/h5-6,8-9,14-16,24-30,32H,2,10-12,17-21H2,1,3-4H3/t24-,25+,26-,27+,28-,29-,30-/m0/s1. The highest BCUT2D eigenvalue weighted by Gasteiger charge is 2.24. The first-order chi connectivity index (χ1) is 17.8. The van der Waals surface area contributed by atoms with Gasteiger partial charge in [-0.05, 0) is 44.9 Å². The van der Waals surface area contributed by atoms with E-state index in [1.165, 1.54) is 5.57 Å². The van der Waals surface area contributed by atoms with Crippen molar-refractivity contribution in [2.45, 2.75) is 95.4 Å². The maximum atomic E-state index is 12.6. The van der Waals surface area contributed by atoms with Crippen LogP contribution in [-0.2, 0) is 23.7 Å². The molecule has 0 aromatic heterocycles. The maximum absolute atomic E-state index is 12.6. The number of fused-ring (bicyclic) bond motifs is 2. The van der Waals surface area contributed by atoms with Crippen LogP contribution < -0.4 is 0 Å². The summed E-state index contributed by atoms with van der Waals surface area (Å²) in [5, 5.41) is 10.6. The Labute approximate surface area is 222 Å². The molecular weight excluding hydrogens is 468 g/mol. The number of aliphatic hydroxyl groups is 1. The first kappa shape index (κ1) is 29.1. The fourth-order valence-corrected chi connectivity index (χ4v) is 4.96. The molecule has 7 atom stereocenters. The van der Waals surface area contributed by atoms with Gasteiger partial charge in [-0.15, -0.1) is 0 Å². The molecule has 2 bridgehead atoms. The Bertz CT molecular complexity index is 948. The molecule has 202 valence electrons. The van der Waals surface area contributed by atoms with E-state index in [9.17, 15) is 9.90 Å². The molecule has 1 N–H and O–H groups in total. The average Bonchev–Trinajstić information content (AvgIpc) is 2.83. The van der Waals surface area contributed by atoms with E-state index in [0.717, 1.165) is 31.3 Å². The molecule has 0 aromatic carbocycles. The Morgan fingerprint density at radius 1 is 1.22 bits per heavy atom. The van der Waals surface area contributed by atoms with Crippen LogP contribution in [0.3, 0.4) is 0 Å². The van der Waals surface area contributed by atoms with Crippen molar-refractivity contribution >= 4 is 5.97 Å². The van der Waals surface area contributed by atoms with Crippen molar-refractivity contribution in [2.75, 3.05) is 13.7 Å².